The lowest BCUT2D eigenvalue weighted by Gasteiger charge is -2.14. The molecule has 1 N–H and O–H groups in total. The highest BCUT2D eigenvalue weighted by Gasteiger charge is 2.12. The first-order chi connectivity index (χ1) is 10.9. The van der Waals surface area contributed by atoms with E-state index in [2.05, 4.69) is 5.32 Å². The summed E-state index contributed by atoms with van der Waals surface area (Å²) in [5, 5.41) is 13.5. The molecule has 0 atom stereocenters. The first kappa shape index (κ1) is 16.4. The lowest BCUT2D eigenvalue weighted by molar-refractivity contribution is -0.385. The summed E-state index contributed by atoms with van der Waals surface area (Å²) in [5.41, 5.74) is 0.945. The smallest absolute Gasteiger partial charge is 0.285 e. The number of hydrogen-bond acceptors (Lipinski definition) is 4. The van der Waals surface area contributed by atoms with Gasteiger partial charge in [0.25, 0.3) is 11.2 Å². The maximum atomic E-state index is 12.1. The molecule has 0 fully saturated rings. The fraction of sp³-hybridized carbons (Fsp3) is 0.250. The minimum absolute atomic E-state index is 0.229. The van der Waals surface area contributed by atoms with Gasteiger partial charge < -0.3 is 5.32 Å². The van der Waals surface area contributed by atoms with E-state index in [9.17, 15) is 19.7 Å². The second-order valence-electron chi connectivity index (χ2n) is 5.40. The number of nitrogens with zero attached hydrogens (tertiary/aromatic N) is 2. The summed E-state index contributed by atoms with van der Waals surface area (Å²) in [7, 11) is 0. The molecule has 1 aromatic carbocycles. The quantitative estimate of drug-likeness (QED) is 0.677. The van der Waals surface area contributed by atoms with Gasteiger partial charge in [-0.2, -0.15) is 0 Å². The van der Waals surface area contributed by atoms with Gasteiger partial charge in [0, 0.05) is 17.8 Å². The summed E-state index contributed by atoms with van der Waals surface area (Å²) >= 11 is 0. The van der Waals surface area contributed by atoms with E-state index in [1.807, 2.05) is 26.0 Å². The molecule has 0 radical (unpaired) electrons. The normalized spacial score (nSPS) is 10.6. The lowest BCUT2D eigenvalue weighted by atomic mass is 10.0. The number of anilines is 1. The highest BCUT2D eigenvalue weighted by atomic mass is 16.6. The van der Waals surface area contributed by atoms with Crippen LogP contribution in [0, 0.1) is 10.1 Å². The van der Waals surface area contributed by atoms with Gasteiger partial charge >= 0.3 is 0 Å². The molecule has 0 bridgehead atoms. The standard InChI is InChI=1S/C16H17N3O4/c1-11(2)13-5-3-4-6-14(13)17-15(20)10-18-9-12(19(22)23)7-8-16(18)21/h3-9,11H,10H2,1-2H3,(H,17,20). The van der Waals surface area contributed by atoms with Gasteiger partial charge in [-0.05, 0) is 17.5 Å². The predicted molar refractivity (Wildman–Crippen MR) is 86.5 cm³/mol. The molecule has 0 aliphatic heterocycles. The van der Waals surface area contributed by atoms with Crippen molar-refractivity contribution in [1.82, 2.24) is 4.57 Å². The van der Waals surface area contributed by atoms with Gasteiger partial charge in [0.05, 0.1) is 11.1 Å². The van der Waals surface area contributed by atoms with Crippen LogP contribution in [0.25, 0.3) is 0 Å². The Morgan fingerprint density at radius 2 is 1.96 bits per heavy atom. The van der Waals surface area contributed by atoms with Crippen molar-refractivity contribution in [2.24, 2.45) is 0 Å². The Labute approximate surface area is 132 Å². The Balaban J connectivity index is 2.19. The zero-order valence-electron chi connectivity index (χ0n) is 12.9. The van der Waals surface area contributed by atoms with Gasteiger partial charge in [-0.15, -0.1) is 0 Å². The molecule has 0 saturated heterocycles. The van der Waals surface area contributed by atoms with E-state index in [0.29, 0.717) is 5.69 Å². The number of carbonyl (C=O) groups is 1. The third-order valence-corrected chi connectivity index (χ3v) is 3.35. The highest BCUT2D eigenvalue weighted by molar-refractivity contribution is 5.91. The van der Waals surface area contributed by atoms with E-state index < -0.39 is 16.4 Å². The fourth-order valence-electron chi connectivity index (χ4n) is 2.21. The Bertz CT molecular complexity index is 796. The van der Waals surface area contributed by atoms with Crippen LogP contribution in [0.15, 0.2) is 47.4 Å². The number of para-hydroxylation sites is 1. The van der Waals surface area contributed by atoms with Gasteiger partial charge in [0.1, 0.15) is 6.54 Å². The van der Waals surface area contributed by atoms with Crippen LogP contribution in [0.1, 0.15) is 25.3 Å². The van der Waals surface area contributed by atoms with Gasteiger partial charge in [-0.25, -0.2) is 0 Å². The molecule has 7 nitrogen and oxygen atoms in total. The van der Waals surface area contributed by atoms with Crippen molar-refractivity contribution in [1.29, 1.82) is 0 Å². The fourth-order valence-corrected chi connectivity index (χ4v) is 2.21. The molecule has 1 amide bonds. The minimum Gasteiger partial charge on any atom is -0.324 e. The monoisotopic (exact) mass is 315 g/mol. The van der Waals surface area contributed by atoms with Crippen molar-refractivity contribution >= 4 is 17.3 Å². The Hall–Kier alpha value is -2.96. The maximum Gasteiger partial charge on any atom is 0.285 e. The average Bonchev–Trinajstić information content (AvgIpc) is 2.49. The molecular formula is C16H17N3O4. The van der Waals surface area contributed by atoms with Crippen LogP contribution < -0.4 is 10.9 Å². The first-order valence-electron chi connectivity index (χ1n) is 7.12. The summed E-state index contributed by atoms with van der Waals surface area (Å²) in [6.07, 6.45) is 1.07. The van der Waals surface area contributed by atoms with Crippen LogP contribution in [0.2, 0.25) is 0 Å². The van der Waals surface area contributed by atoms with Gasteiger partial charge in [-0.1, -0.05) is 32.0 Å². The van der Waals surface area contributed by atoms with Crippen molar-refractivity contribution in [3.63, 3.8) is 0 Å². The Morgan fingerprint density at radius 1 is 1.26 bits per heavy atom. The maximum absolute atomic E-state index is 12.1. The topological polar surface area (TPSA) is 94.2 Å². The summed E-state index contributed by atoms with van der Waals surface area (Å²) in [6.45, 7) is 3.74. The van der Waals surface area contributed by atoms with Crippen LogP contribution in [-0.4, -0.2) is 15.4 Å². The number of carbonyl (C=O) groups excluding carboxylic acids is 1. The third kappa shape index (κ3) is 4.03. The lowest BCUT2D eigenvalue weighted by Crippen LogP contribution is -2.27. The summed E-state index contributed by atoms with van der Waals surface area (Å²) in [5.74, 6) is -0.187. The molecule has 0 aliphatic carbocycles. The molecule has 2 rings (SSSR count). The van der Waals surface area contributed by atoms with Crippen molar-refractivity contribution in [3.8, 4) is 0 Å². The minimum atomic E-state index is -0.609. The number of amides is 1. The van der Waals surface area contributed by atoms with Crippen molar-refractivity contribution in [2.75, 3.05) is 5.32 Å². The zero-order chi connectivity index (χ0) is 17.0. The molecule has 0 aliphatic rings. The number of pyridine rings is 1. The van der Waals surface area contributed by atoms with Gasteiger partial charge in [0.2, 0.25) is 5.91 Å². The molecule has 120 valence electrons. The van der Waals surface area contributed by atoms with Crippen LogP contribution in [-0.2, 0) is 11.3 Å². The number of hydrogen-bond donors (Lipinski definition) is 1. The number of rotatable bonds is 5. The summed E-state index contributed by atoms with van der Waals surface area (Å²) in [6, 6.07) is 9.58. The predicted octanol–water partition coefficient (Wildman–Crippen LogP) is 2.52. The van der Waals surface area contributed by atoms with Crippen molar-refractivity contribution in [3.05, 3.63) is 68.6 Å². The summed E-state index contributed by atoms with van der Waals surface area (Å²) in [4.78, 5) is 34.0. The van der Waals surface area contributed by atoms with Gasteiger partial charge in [-0.3, -0.25) is 24.3 Å². The van der Waals surface area contributed by atoms with E-state index >= 15 is 0 Å². The molecule has 1 aromatic heterocycles. The second kappa shape index (κ2) is 6.87. The van der Waals surface area contributed by atoms with E-state index in [4.69, 9.17) is 0 Å². The Morgan fingerprint density at radius 3 is 2.61 bits per heavy atom. The zero-order valence-corrected chi connectivity index (χ0v) is 12.9. The molecule has 7 heteroatoms. The Kier molecular flexibility index (Phi) is 4.90. The molecular weight excluding hydrogens is 298 g/mol. The van der Waals surface area contributed by atoms with Crippen molar-refractivity contribution in [2.45, 2.75) is 26.3 Å². The molecule has 0 saturated carbocycles. The van der Waals surface area contributed by atoms with Crippen LogP contribution >= 0.6 is 0 Å². The van der Waals surface area contributed by atoms with Crippen LogP contribution in [0.3, 0.4) is 0 Å². The van der Waals surface area contributed by atoms with Gasteiger partial charge in [0.15, 0.2) is 0 Å². The number of benzene rings is 1. The van der Waals surface area contributed by atoms with Crippen LogP contribution in [0.4, 0.5) is 11.4 Å². The number of nitro groups is 1. The van der Waals surface area contributed by atoms with E-state index in [1.54, 1.807) is 12.1 Å². The summed E-state index contributed by atoms with van der Waals surface area (Å²) < 4.78 is 1.02. The molecule has 23 heavy (non-hydrogen) atoms. The first-order valence-corrected chi connectivity index (χ1v) is 7.12. The SMILES string of the molecule is CC(C)c1ccccc1NC(=O)Cn1cc([N+](=O)[O-])ccc1=O. The second-order valence-corrected chi connectivity index (χ2v) is 5.40. The number of nitrogens with one attached hydrogen (secondary N) is 1. The van der Waals surface area contributed by atoms with Crippen LogP contribution in [0.5, 0.6) is 0 Å². The molecule has 0 spiro atoms. The molecule has 0 unspecified atom stereocenters. The van der Waals surface area contributed by atoms with E-state index in [-0.39, 0.29) is 18.2 Å². The highest BCUT2D eigenvalue weighted by Crippen LogP contribution is 2.23. The number of aromatic nitrogens is 1. The average molecular weight is 315 g/mol. The third-order valence-electron chi connectivity index (χ3n) is 3.35. The molecule has 1 heterocycles. The van der Waals surface area contributed by atoms with Crippen molar-refractivity contribution < 1.29 is 9.72 Å². The van der Waals surface area contributed by atoms with E-state index in [0.717, 1.165) is 28.5 Å². The largest absolute Gasteiger partial charge is 0.324 e. The molecule has 2 aromatic rings. The van der Waals surface area contributed by atoms with E-state index in [1.165, 1.54) is 0 Å².